The molecule has 6 heteroatoms. The number of para-hydroxylation sites is 1. The van der Waals surface area contributed by atoms with E-state index < -0.39 is 5.91 Å². The molecule has 21 heavy (non-hydrogen) atoms. The minimum absolute atomic E-state index is 0.268. The van der Waals surface area contributed by atoms with E-state index in [0.717, 1.165) is 21.7 Å². The van der Waals surface area contributed by atoms with E-state index in [4.69, 9.17) is 5.73 Å². The molecule has 2 heterocycles. The fraction of sp³-hybridized carbons (Fsp3) is 0.133. The number of anilines is 1. The summed E-state index contributed by atoms with van der Waals surface area (Å²) in [4.78, 5) is 29.0. The zero-order chi connectivity index (χ0) is 15.1. The van der Waals surface area contributed by atoms with Gasteiger partial charge in [0.2, 0.25) is 0 Å². The molecule has 0 fully saturated rings. The van der Waals surface area contributed by atoms with Crippen LogP contribution in [0.3, 0.4) is 0 Å². The topological polar surface area (TPSA) is 84.6 Å². The lowest BCUT2D eigenvalue weighted by Gasteiger charge is -1.98. The van der Waals surface area contributed by atoms with Crippen molar-refractivity contribution in [3.05, 3.63) is 45.8 Å². The molecule has 0 atom stereocenters. The number of nitrogens with zero attached hydrogens (tertiary/aromatic N) is 1. The number of nitrogens with two attached hydrogens (primary N) is 1. The van der Waals surface area contributed by atoms with Crippen LogP contribution in [0.2, 0.25) is 0 Å². The zero-order valence-corrected chi connectivity index (χ0v) is 12.4. The maximum atomic E-state index is 12.1. The molecule has 0 saturated heterocycles. The monoisotopic (exact) mass is 299 g/mol. The second-order valence-corrected chi connectivity index (χ2v) is 5.99. The molecule has 1 aromatic carbocycles. The largest absolute Gasteiger partial charge is 0.365 e. The Kier molecular flexibility index (Phi) is 3.10. The van der Waals surface area contributed by atoms with Crippen molar-refractivity contribution in [1.82, 2.24) is 0 Å². The average Bonchev–Trinajstić information content (AvgIpc) is 2.89. The summed E-state index contributed by atoms with van der Waals surface area (Å²) in [6.45, 7) is 3.73. The number of primary amides is 1. The highest BCUT2D eigenvalue weighted by atomic mass is 32.1. The summed E-state index contributed by atoms with van der Waals surface area (Å²) in [7, 11) is 0. The van der Waals surface area contributed by atoms with Crippen LogP contribution in [0, 0.1) is 13.8 Å². The third-order valence-electron chi connectivity index (χ3n) is 3.47. The number of hydrogen-bond acceptors (Lipinski definition) is 4. The van der Waals surface area contributed by atoms with Gasteiger partial charge in [-0.25, -0.2) is 4.99 Å². The summed E-state index contributed by atoms with van der Waals surface area (Å²) in [5, 5.41) is 3.24. The number of carbonyl (C=O) groups excluding carboxylic acids is 2. The molecule has 106 valence electrons. The summed E-state index contributed by atoms with van der Waals surface area (Å²) in [5.41, 5.74) is 8.42. The Hall–Kier alpha value is -2.47. The van der Waals surface area contributed by atoms with Crippen molar-refractivity contribution in [2.45, 2.75) is 13.8 Å². The molecule has 1 aliphatic rings. The van der Waals surface area contributed by atoms with Gasteiger partial charge < -0.3 is 11.1 Å². The quantitative estimate of drug-likeness (QED) is 0.893. The summed E-state index contributed by atoms with van der Waals surface area (Å²) in [5.74, 6) is -0.793. The summed E-state index contributed by atoms with van der Waals surface area (Å²) < 4.78 is 0. The van der Waals surface area contributed by atoms with E-state index in [0.29, 0.717) is 16.3 Å². The number of rotatable bonds is 2. The predicted octanol–water partition coefficient (Wildman–Crippen LogP) is 2.54. The van der Waals surface area contributed by atoms with Crippen molar-refractivity contribution >= 4 is 39.6 Å². The fourth-order valence-corrected chi connectivity index (χ4v) is 3.33. The van der Waals surface area contributed by atoms with Crippen molar-refractivity contribution in [3.63, 3.8) is 0 Å². The first kappa shape index (κ1) is 13.5. The molecule has 1 aromatic heterocycles. The van der Waals surface area contributed by atoms with Crippen LogP contribution in [-0.4, -0.2) is 17.5 Å². The van der Waals surface area contributed by atoms with Crippen LogP contribution in [0.1, 0.15) is 26.4 Å². The van der Waals surface area contributed by atoms with Crippen LogP contribution < -0.4 is 11.1 Å². The Morgan fingerprint density at radius 2 is 2.00 bits per heavy atom. The Morgan fingerprint density at radius 3 is 2.71 bits per heavy atom. The highest BCUT2D eigenvalue weighted by Crippen LogP contribution is 2.36. The van der Waals surface area contributed by atoms with Crippen LogP contribution in [0.5, 0.6) is 0 Å². The van der Waals surface area contributed by atoms with Gasteiger partial charge in [-0.3, -0.25) is 9.59 Å². The molecule has 0 radical (unpaired) electrons. The van der Waals surface area contributed by atoms with Gasteiger partial charge in [0.1, 0.15) is 10.7 Å². The number of aliphatic imine (C=N–C) groups is 1. The number of fused-ring (bicyclic) bond motifs is 1. The summed E-state index contributed by atoms with van der Waals surface area (Å²) in [6, 6.07) is 7.32. The van der Waals surface area contributed by atoms with E-state index in [1.807, 2.05) is 38.1 Å². The SMILES string of the molecule is Cc1sc(/N=C2\C(=O)Nc3ccccc32)c(C(N)=O)c1C. The van der Waals surface area contributed by atoms with Gasteiger partial charge in [-0.2, -0.15) is 0 Å². The first-order chi connectivity index (χ1) is 9.99. The maximum absolute atomic E-state index is 12.1. The summed E-state index contributed by atoms with van der Waals surface area (Å²) in [6.07, 6.45) is 0. The number of nitrogens with one attached hydrogen (secondary N) is 1. The van der Waals surface area contributed by atoms with Crippen molar-refractivity contribution in [1.29, 1.82) is 0 Å². The molecule has 0 unspecified atom stereocenters. The van der Waals surface area contributed by atoms with Crippen LogP contribution in [0.25, 0.3) is 0 Å². The molecule has 5 nitrogen and oxygen atoms in total. The molecule has 0 bridgehead atoms. The van der Waals surface area contributed by atoms with Crippen molar-refractivity contribution < 1.29 is 9.59 Å². The van der Waals surface area contributed by atoms with E-state index in [-0.39, 0.29) is 5.91 Å². The molecule has 2 aromatic rings. The Labute approximate surface area is 125 Å². The first-order valence-corrected chi connectivity index (χ1v) is 7.20. The molecule has 0 aliphatic carbocycles. The van der Waals surface area contributed by atoms with Gasteiger partial charge in [-0.15, -0.1) is 11.3 Å². The van der Waals surface area contributed by atoms with E-state index in [2.05, 4.69) is 10.3 Å². The van der Waals surface area contributed by atoms with E-state index in [1.165, 1.54) is 11.3 Å². The Bertz CT molecular complexity index is 805. The lowest BCUT2D eigenvalue weighted by molar-refractivity contribution is -0.110. The smallest absolute Gasteiger partial charge is 0.275 e. The molecular formula is C15H13N3O2S. The fourth-order valence-electron chi connectivity index (χ4n) is 2.29. The van der Waals surface area contributed by atoms with Gasteiger partial charge in [0.25, 0.3) is 11.8 Å². The third kappa shape index (κ3) is 2.13. The number of aryl methyl sites for hydroxylation is 1. The molecule has 3 N–H and O–H groups in total. The third-order valence-corrected chi connectivity index (χ3v) is 4.57. The number of thiophene rings is 1. The minimum atomic E-state index is -0.525. The van der Waals surface area contributed by atoms with Gasteiger partial charge in [0.15, 0.2) is 0 Å². The molecule has 2 amide bonds. The maximum Gasteiger partial charge on any atom is 0.275 e. The Balaban J connectivity index is 2.18. The lowest BCUT2D eigenvalue weighted by atomic mass is 10.1. The van der Waals surface area contributed by atoms with Gasteiger partial charge >= 0.3 is 0 Å². The number of carbonyl (C=O) groups is 2. The number of amides is 2. The zero-order valence-electron chi connectivity index (χ0n) is 11.6. The van der Waals surface area contributed by atoms with Crippen molar-refractivity contribution in [2.24, 2.45) is 10.7 Å². The minimum Gasteiger partial charge on any atom is -0.365 e. The van der Waals surface area contributed by atoms with Crippen molar-refractivity contribution in [2.75, 3.05) is 5.32 Å². The van der Waals surface area contributed by atoms with E-state index in [9.17, 15) is 9.59 Å². The molecule has 1 aliphatic heterocycles. The van der Waals surface area contributed by atoms with Crippen molar-refractivity contribution in [3.8, 4) is 0 Å². The first-order valence-electron chi connectivity index (χ1n) is 6.38. The lowest BCUT2D eigenvalue weighted by Crippen LogP contribution is -2.15. The molecule has 3 rings (SSSR count). The highest BCUT2D eigenvalue weighted by Gasteiger charge is 2.27. The van der Waals surface area contributed by atoms with Gasteiger partial charge in [-0.05, 0) is 25.5 Å². The summed E-state index contributed by atoms with van der Waals surface area (Å²) >= 11 is 1.36. The van der Waals surface area contributed by atoms with Gasteiger partial charge in [0.05, 0.1) is 11.3 Å². The molecule has 0 spiro atoms. The number of benzene rings is 1. The average molecular weight is 299 g/mol. The van der Waals surface area contributed by atoms with E-state index in [1.54, 1.807) is 0 Å². The van der Waals surface area contributed by atoms with Gasteiger partial charge in [-0.1, -0.05) is 18.2 Å². The van der Waals surface area contributed by atoms with Crippen LogP contribution in [-0.2, 0) is 4.79 Å². The van der Waals surface area contributed by atoms with Crippen LogP contribution >= 0.6 is 11.3 Å². The predicted molar refractivity (Wildman–Crippen MR) is 83.6 cm³/mol. The second-order valence-electron chi connectivity index (χ2n) is 4.79. The standard InChI is InChI=1S/C15H13N3O2S/c1-7-8(2)21-15(11(7)13(16)19)18-12-9-5-3-4-6-10(9)17-14(12)20/h3-6H,1-2H3,(H2,16,19)(H,17,18,20). The highest BCUT2D eigenvalue weighted by molar-refractivity contribution is 7.16. The Morgan fingerprint density at radius 1 is 1.29 bits per heavy atom. The number of hydrogen-bond donors (Lipinski definition) is 2. The van der Waals surface area contributed by atoms with Crippen LogP contribution in [0.4, 0.5) is 10.7 Å². The molecular weight excluding hydrogens is 286 g/mol. The van der Waals surface area contributed by atoms with Crippen LogP contribution in [0.15, 0.2) is 29.3 Å². The second kappa shape index (κ2) is 4.82. The normalized spacial score (nSPS) is 15.1. The van der Waals surface area contributed by atoms with E-state index >= 15 is 0 Å². The molecule has 0 saturated carbocycles. The van der Waals surface area contributed by atoms with Gasteiger partial charge in [0, 0.05) is 10.4 Å².